The van der Waals surface area contributed by atoms with Crippen LogP contribution >= 0.6 is 0 Å². The fraction of sp³-hybridized carbons (Fsp3) is 0.567. The Hall–Kier alpha value is -3.32. The smallest absolute Gasteiger partial charge is 0.248 e. The molecular formula is C30H52FN5O6. The van der Waals surface area contributed by atoms with Gasteiger partial charge in [0.05, 0.1) is 31.7 Å². The fourth-order valence-corrected chi connectivity index (χ4v) is 3.27. The number of hydrazine groups is 1. The Morgan fingerprint density at radius 1 is 1.21 bits per heavy atom. The van der Waals surface area contributed by atoms with Crippen molar-refractivity contribution in [3.8, 4) is 0 Å². The molecule has 0 bridgehead atoms. The van der Waals surface area contributed by atoms with Crippen molar-refractivity contribution in [1.29, 1.82) is 0 Å². The summed E-state index contributed by atoms with van der Waals surface area (Å²) in [6.07, 6.45) is 10.9. The van der Waals surface area contributed by atoms with E-state index in [1.54, 1.807) is 43.4 Å². The van der Waals surface area contributed by atoms with Gasteiger partial charge in [0.2, 0.25) is 5.91 Å². The SMILES string of the molecule is C/C=C(/C)O/N=C/CN1CN(CCOCC)C/C(=C(\O)C=O)N1/C=C(\C)C(=O)NCC/C=C\C(F)=C/CC.CC.CO. The number of aliphatic hydroxyl groups excluding tert-OH is 2. The van der Waals surface area contributed by atoms with Crippen molar-refractivity contribution in [3.05, 3.63) is 59.1 Å². The maximum atomic E-state index is 13.4. The van der Waals surface area contributed by atoms with Crippen LogP contribution in [0, 0.1) is 0 Å². The fourth-order valence-electron chi connectivity index (χ4n) is 3.27. The van der Waals surface area contributed by atoms with Crippen molar-refractivity contribution in [2.24, 2.45) is 5.16 Å². The van der Waals surface area contributed by atoms with Gasteiger partial charge >= 0.3 is 0 Å². The Morgan fingerprint density at radius 2 is 1.90 bits per heavy atom. The average molecular weight is 598 g/mol. The van der Waals surface area contributed by atoms with Crippen molar-refractivity contribution in [2.45, 2.75) is 61.3 Å². The van der Waals surface area contributed by atoms with Crippen molar-refractivity contribution in [1.82, 2.24) is 20.2 Å². The van der Waals surface area contributed by atoms with E-state index in [1.165, 1.54) is 12.2 Å². The molecule has 0 aromatic rings. The number of allylic oxidation sites excluding steroid dienone is 6. The van der Waals surface area contributed by atoms with E-state index in [4.69, 9.17) is 14.7 Å². The molecule has 0 aliphatic carbocycles. The molecule has 1 heterocycles. The Balaban J connectivity index is 0. The lowest BCUT2D eigenvalue weighted by Crippen LogP contribution is -2.55. The van der Waals surface area contributed by atoms with Crippen LogP contribution in [-0.4, -0.2) is 96.7 Å². The summed E-state index contributed by atoms with van der Waals surface area (Å²) in [5.74, 6) is -0.432. The van der Waals surface area contributed by atoms with Crippen LogP contribution in [0.1, 0.15) is 61.3 Å². The molecule has 240 valence electrons. The normalized spacial score (nSPS) is 16.5. The monoisotopic (exact) mass is 597 g/mol. The van der Waals surface area contributed by atoms with E-state index in [0.29, 0.717) is 69.1 Å². The molecule has 1 amide bonds. The van der Waals surface area contributed by atoms with Crippen LogP contribution in [0.2, 0.25) is 0 Å². The minimum Gasteiger partial charge on any atom is -0.503 e. The van der Waals surface area contributed by atoms with E-state index in [2.05, 4.69) is 10.5 Å². The van der Waals surface area contributed by atoms with E-state index >= 15 is 0 Å². The molecule has 1 aliphatic rings. The van der Waals surface area contributed by atoms with E-state index in [1.807, 2.05) is 44.5 Å². The second kappa shape index (κ2) is 26.6. The molecule has 11 nitrogen and oxygen atoms in total. The van der Waals surface area contributed by atoms with Crippen LogP contribution in [0.15, 0.2) is 64.3 Å². The number of oxime groups is 1. The predicted molar refractivity (Wildman–Crippen MR) is 166 cm³/mol. The van der Waals surface area contributed by atoms with Crippen molar-refractivity contribution in [3.63, 3.8) is 0 Å². The standard InChI is InChI=1S/C27H42FN5O5.C2H6.CH4O/c1-6-11-24(28)12-9-10-13-29-27(36)22(4)18-33-25(26(35)20-34)19-31(16-17-37-8-3)21-32(33)15-14-30-38-23(5)7-2;2*1-2/h7,9,11-12,14,18,20,35H,6,8,10,13,15-17,19,21H2,1-5H3,(H,29,36);1-2H3;2H,1H3/b12-9-,22-18+,23-7-,24-11+,26-25+,30-14+;;. The number of rotatable bonds is 16. The molecule has 0 spiro atoms. The van der Waals surface area contributed by atoms with Crippen molar-refractivity contribution in [2.75, 3.05) is 53.2 Å². The van der Waals surface area contributed by atoms with Gasteiger partial charge in [0.1, 0.15) is 11.6 Å². The minimum atomic E-state index is -0.439. The predicted octanol–water partition coefficient (Wildman–Crippen LogP) is 4.57. The van der Waals surface area contributed by atoms with Gasteiger partial charge in [0.25, 0.3) is 0 Å². The number of aldehydes is 1. The molecule has 0 saturated carbocycles. The topological polar surface area (TPSA) is 127 Å². The van der Waals surface area contributed by atoms with Gasteiger partial charge in [-0.3, -0.25) is 19.5 Å². The lowest BCUT2D eigenvalue weighted by atomic mass is 10.2. The third kappa shape index (κ3) is 17.5. The summed E-state index contributed by atoms with van der Waals surface area (Å²) in [4.78, 5) is 31.5. The summed E-state index contributed by atoms with van der Waals surface area (Å²) >= 11 is 0. The van der Waals surface area contributed by atoms with E-state index in [-0.39, 0.29) is 24.8 Å². The number of aliphatic hydroxyl groups is 2. The summed E-state index contributed by atoms with van der Waals surface area (Å²) in [6.45, 7) is 15.9. The molecule has 3 N–H and O–H groups in total. The lowest BCUT2D eigenvalue weighted by molar-refractivity contribution is -0.117. The quantitative estimate of drug-likeness (QED) is 0.0446. The number of carbonyl (C=O) groups excluding carboxylic acids is 2. The molecule has 0 aromatic carbocycles. The number of nitrogens with one attached hydrogen (secondary N) is 1. The number of amides is 1. The average Bonchev–Trinajstić information content (AvgIpc) is 3.01. The zero-order valence-corrected chi connectivity index (χ0v) is 26.6. The Kier molecular flexibility index (Phi) is 25.8. The molecule has 1 rings (SSSR count). The first kappa shape index (κ1) is 40.8. The first-order valence-corrected chi connectivity index (χ1v) is 14.2. The Bertz CT molecular complexity index is 946. The first-order valence-electron chi connectivity index (χ1n) is 14.2. The number of ether oxygens (including phenoxy) is 1. The molecule has 0 radical (unpaired) electrons. The highest BCUT2D eigenvalue weighted by Gasteiger charge is 2.29. The summed E-state index contributed by atoms with van der Waals surface area (Å²) < 4.78 is 18.9. The van der Waals surface area contributed by atoms with Gasteiger partial charge in [-0.05, 0) is 58.8 Å². The van der Waals surface area contributed by atoms with Gasteiger partial charge in [0, 0.05) is 45.1 Å². The van der Waals surface area contributed by atoms with E-state index in [0.717, 1.165) is 7.11 Å². The van der Waals surface area contributed by atoms with Gasteiger partial charge in [0.15, 0.2) is 12.0 Å². The maximum absolute atomic E-state index is 13.4. The highest BCUT2D eigenvalue weighted by molar-refractivity contribution is 5.92. The van der Waals surface area contributed by atoms with Crippen LogP contribution in [0.3, 0.4) is 0 Å². The largest absolute Gasteiger partial charge is 0.503 e. The molecule has 12 heteroatoms. The molecule has 42 heavy (non-hydrogen) atoms. The van der Waals surface area contributed by atoms with Crippen molar-refractivity contribution >= 4 is 18.4 Å². The molecule has 1 saturated heterocycles. The number of hydrogen-bond donors (Lipinski definition) is 3. The lowest BCUT2D eigenvalue weighted by Gasteiger charge is -2.44. The zero-order valence-electron chi connectivity index (χ0n) is 26.6. The highest BCUT2D eigenvalue weighted by atomic mass is 19.1. The third-order valence-corrected chi connectivity index (χ3v) is 5.40. The Morgan fingerprint density at radius 3 is 2.50 bits per heavy atom. The zero-order chi connectivity index (χ0) is 32.3. The van der Waals surface area contributed by atoms with Crippen LogP contribution in [-0.2, 0) is 19.2 Å². The van der Waals surface area contributed by atoms with Gasteiger partial charge < -0.3 is 25.1 Å². The van der Waals surface area contributed by atoms with Crippen LogP contribution in [0.4, 0.5) is 4.39 Å². The third-order valence-electron chi connectivity index (χ3n) is 5.40. The molecule has 0 aromatic heterocycles. The van der Waals surface area contributed by atoms with Crippen LogP contribution < -0.4 is 5.32 Å². The molecular weight excluding hydrogens is 545 g/mol. The summed E-state index contributed by atoms with van der Waals surface area (Å²) in [7, 11) is 1.00. The molecule has 0 atom stereocenters. The van der Waals surface area contributed by atoms with Crippen LogP contribution in [0.5, 0.6) is 0 Å². The van der Waals surface area contributed by atoms with E-state index in [9.17, 15) is 19.1 Å². The van der Waals surface area contributed by atoms with Gasteiger partial charge in [-0.25, -0.2) is 4.39 Å². The maximum Gasteiger partial charge on any atom is 0.248 e. The van der Waals surface area contributed by atoms with Crippen molar-refractivity contribution < 1.29 is 33.8 Å². The highest BCUT2D eigenvalue weighted by Crippen LogP contribution is 2.21. The summed E-state index contributed by atoms with van der Waals surface area (Å²) in [5, 5.41) is 27.6. The first-order chi connectivity index (χ1) is 20.3. The number of halogens is 1. The molecule has 1 fully saturated rings. The second-order valence-electron chi connectivity index (χ2n) is 8.41. The number of carbonyl (C=O) groups is 2. The van der Waals surface area contributed by atoms with Gasteiger partial charge in [-0.15, -0.1) is 0 Å². The number of nitrogens with zero attached hydrogens (tertiary/aromatic N) is 4. The van der Waals surface area contributed by atoms with Gasteiger partial charge in [-0.1, -0.05) is 32.0 Å². The Labute approximate surface area is 251 Å². The van der Waals surface area contributed by atoms with Gasteiger partial charge in [-0.2, -0.15) is 5.01 Å². The minimum absolute atomic E-state index is 0.269. The number of hydrogen-bond acceptors (Lipinski definition) is 10. The van der Waals surface area contributed by atoms with Crippen LogP contribution in [0.25, 0.3) is 0 Å². The molecule has 1 aliphatic heterocycles. The second-order valence-corrected chi connectivity index (χ2v) is 8.41. The summed E-state index contributed by atoms with van der Waals surface area (Å²) in [5.41, 5.74) is 0.669. The molecule has 0 unspecified atom stereocenters. The summed E-state index contributed by atoms with van der Waals surface area (Å²) in [6, 6.07) is 0. The van der Waals surface area contributed by atoms with E-state index < -0.39 is 5.76 Å².